The summed E-state index contributed by atoms with van der Waals surface area (Å²) in [6, 6.07) is 1.83. The average Bonchev–Trinajstić information content (AvgIpc) is 2.96. The highest BCUT2D eigenvalue weighted by Gasteiger charge is 2.19. The molecule has 1 N–H and O–H groups in total. The van der Waals surface area contributed by atoms with Crippen LogP contribution in [0.3, 0.4) is 0 Å². The Labute approximate surface area is 129 Å². The number of hydrogen-bond acceptors (Lipinski definition) is 4. The van der Waals surface area contributed by atoms with Crippen LogP contribution in [-0.4, -0.2) is 46.2 Å². The minimum atomic E-state index is 0.0329. The van der Waals surface area contributed by atoms with Crippen molar-refractivity contribution in [2.75, 3.05) is 20.2 Å². The molecule has 116 valence electrons. The lowest BCUT2D eigenvalue weighted by molar-refractivity contribution is -0.127. The average molecular weight is 300 g/mol. The van der Waals surface area contributed by atoms with Crippen molar-refractivity contribution >= 4 is 22.9 Å². The van der Waals surface area contributed by atoms with Gasteiger partial charge in [0, 0.05) is 25.4 Å². The zero-order chi connectivity index (χ0) is 15.5. The first-order valence-electron chi connectivity index (χ1n) is 7.53. The molecule has 1 fully saturated rings. The van der Waals surface area contributed by atoms with Gasteiger partial charge in [0.25, 0.3) is 0 Å². The van der Waals surface area contributed by atoms with Crippen LogP contribution in [0.2, 0.25) is 0 Å². The second-order valence-electron chi connectivity index (χ2n) is 5.72. The molecule has 0 spiro atoms. The molecular formula is C16H20N4O2. The molecule has 22 heavy (non-hydrogen) atoms. The third kappa shape index (κ3) is 2.81. The number of likely N-dealkylation sites (tertiary alicyclic amines) is 1. The molecule has 6 nitrogen and oxygen atoms in total. The van der Waals surface area contributed by atoms with Crippen LogP contribution in [0.4, 0.5) is 0 Å². The van der Waals surface area contributed by atoms with E-state index in [0.29, 0.717) is 17.5 Å². The second kappa shape index (κ2) is 6.17. The highest BCUT2D eigenvalue weighted by atomic mass is 16.5. The number of ether oxygens (including phenoxy) is 1. The van der Waals surface area contributed by atoms with Crippen molar-refractivity contribution in [2.24, 2.45) is 5.92 Å². The van der Waals surface area contributed by atoms with Crippen molar-refractivity contribution in [2.45, 2.75) is 19.8 Å². The summed E-state index contributed by atoms with van der Waals surface area (Å²) in [6.07, 6.45) is 7.24. The Balaban J connectivity index is 1.82. The number of pyridine rings is 1. The molecule has 3 heterocycles. The molecule has 1 aliphatic heterocycles. The van der Waals surface area contributed by atoms with E-state index in [4.69, 9.17) is 4.74 Å². The summed E-state index contributed by atoms with van der Waals surface area (Å²) in [5.41, 5.74) is 1.50. The van der Waals surface area contributed by atoms with Crippen molar-refractivity contribution in [1.29, 1.82) is 0 Å². The molecule has 0 radical (unpaired) electrons. The first-order chi connectivity index (χ1) is 10.7. The normalized spacial score (nSPS) is 19.0. The number of fused-ring (bicyclic) bond motifs is 1. The number of hydrogen-bond donors (Lipinski definition) is 1. The molecule has 0 unspecified atom stereocenters. The Kier molecular flexibility index (Phi) is 4.09. The van der Waals surface area contributed by atoms with E-state index in [1.54, 1.807) is 25.5 Å². The van der Waals surface area contributed by atoms with Gasteiger partial charge in [-0.2, -0.15) is 5.10 Å². The summed E-state index contributed by atoms with van der Waals surface area (Å²) in [7, 11) is 1.57. The van der Waals surface area contributed by atoms with E-state index in [2.05, 4.69) is 22.1 Å². The maximum atomic E-state index is 12.3. The van der Waals surface area contributed by atoms with Gasteiger partial charge in [-0.05, 0) is 30.9 Å². The number of methoxy groups -OCH3 is 1. The highest BCUT2D eigenvalue weighted by molar-refractivity contribution is 5.96. The quantitative estimate of drug-likeness (QED) is 0.882. The van der Waals surface area contributed by atoms with Gasteiger partial charge in [-0.3, -0.25) is 9.89 Å². The van der Waals surface area contributed by atoms with E-state index in [1.165, 1.54) is 6.42 Å². The lowest BCUT2D eigenvalue weighted by Crippen LogP contribution is -2.38. The van der Waals surface area contributed by atoms with Crippen LogP contribution in [0.15, 0.2) is 18.3 Å². The summed E-state index contributed by atoms with van der Waals surface area (Å²) in [5, 5.41) is 7.95. The largest absolute Gasteiger partial charge is 0.480 e. The molecule has 0 aliphatic carbocycles. The molecule has 1 aliphatic rings. The van der Waals surface area contributed by atoms with Gasteiger partial charge in [-0.1, -0.05) is 6.92 Å². The lowest BCUT2D eigenvalue weighted by atomic mass is 10.0. The Hall–Kier alpha value is -2.37. The van der Waals surface area contributed by atoms with Gasteiger partial charge >= 0.3 is 0 Å². The number of aromatic nitrogens is 3. The molecule has 1 atom stereocenters. The van der Waals surface area contributed by atoms with Gasteiger partial charge in [-0.25, -0.2) is 4.98 Å². The Morgan fingerprint density at radius 3 is 3.18 bits per heavy atom. The van der Waals surface area contributed by atoms with Crippen molar-refractivity contribution in [3.8, 4) is 5.88 Å². The van der Waals surface area contributed by atoms with Crippen LogP contribution in [0.5, 0.6) is 5.88 Å². The molecule has 3 rings (SSSR count). The predicted octanol–water partition coefficient (Wildman–Crippen LogP) is 2.24. The van der Waals surface area contributed by atoms with Gasteiger partial charge < -0.3 is 9.64 Å². The van der Waals surface area contributed by atoms with Gasteiger partial charge in [0.15, 0.2) is 0 Å². The number of nitrogens with one attached hydrogen (secondary N) is 1. The molecule has 1 amide bonds. The summed E-state index contributed by atoms with van der Waals surface area (Å²) >= 11 is 0. The van der Waals surface area contributed by atoms with E-state index in [-0.39, 0.29) is 5.91 Å². The monoisotopic (exact) mass is 300 g/mol. The minimum Gasteiger partial charge on any atom is -0.480 e. The molecule has 6 heteroatoms. The van der Waals surface area contributed by atoms with E-state index in [1.807, 2.05) is 11.0 Å². The fourth-order valence-electron chi connectivity index (χ4n) is 2.88. The smallest absolute Gasteiger partial charge is 0.246 e. The zero-order valence-corrected chi connectivity index (χ0v) is 12.9. The first kappa shape index (κ1) is 14.6. The molecule has 0 bridgehead atoms. The van der Waals surface area contributed by atoms with Crippen LogP contribution in [0.1, 0.15) is 25.5 Å². The lowest BCUT2D eigenvalue weighted by Gasteiger charge is -2.30. The molecule has 0 saturated carbocycles. The molecule has 0 aromatic carbocycles. The Bertz CT molecular complexity index is 707. The number of carbonyl (C=O) groups is 1. The number of amides is 1. The van der Waals surface area contributed by atoms with Crippen molar-refractivity contribution < 1.29 is 9.53 Å². The second-order valence-corrected chi connectivity index (χ2v) is 5.72. The number of nitrogens with zero attached hydrogens (tertiary/aromatic N) is 3. The molecule has 1 saturated heterocycles. The number of rotatable bonds is 3. The van der Waals surface area contributed by atoms with Crippen molar-refractivity contribution in [3.05, 3.63) is 24.0 Å². The van der Waals surface area contributed by atoms with Crippen LogP contribution >= 0.6 is 0 Å². The van der Waals surface area contributed by atoms with E-state index in [9.17, 15) is 4.79 Å². The summed E-state index contributed by atoms with van der Waals surface area (Å²) < 4.78 is 5.26. The van der Waals surface area contributed by atoms with Crippen LogP contribution in [0.25, 0.3) is 17.0 Å². The standard InChI is InChI=1S/C16H20N4O2/c1-11-4-3-9-20(10-11)14(21)6-5-12-15-13(19-18-12)7-8-17-16(15)22-2/h5-8,11H,3-4,9-10H2,1-2H3,(H,18,19)/b6-5+/t11-/m1/s1. The number of H-pyrrole nitrogens is 1. The SMILES string of the molecule is COc1nccc2[nH]nc(/C=C/C(=O)N3CCC[C@@H](C)C3)c12. The molecule has 2 aromatic rings. The van der Waals surface area contributed by atoms with Gasteiger partial charge in [0.05, 0.1) is 23.7 Å². The highest BCUT2D eigenvalue weighted by Crippen LogP contribution is 2.25. The zero-order valence-electron chi connectivity index (χ0n) is 12.9. The van der Waals surface area contributed by atoms with E-state index >= 15 is 0 Å². The maximum Gasteiger partial charge on any atom is 0.246 e. The topological polar surface area (TPSA) is 71.1 Å². The third-order valence-electron chi connectivity index (χ3n) is 4.01. The van der Waals surface area contributed by atoms with E-state index in [0.717, 1.165) is 30.4 Å². The number of carbonyl (C=O) groups excluding carboxylic acids is 1. The van der Waals surface area contributed by atoms with Crippen LogP contribution in [-0.2, 0) is 4.79 Å². The minimum absolute atomic E-state index is 0.0329. The summed E-state index contributed by atoms with van der Waals surface area (Å²) in [5.74, 6) is 1.11. The van der Waals surface area contributed by atoms with Crippen LogP contribution < -0.4 is 4.74 Å². The summed E-state index contributed by atoms with van der Waals surface area (Å²) in [4.78, 5) is 18.4. The Morgan fingerprint density at radius 2 is 2.41 bits per heavy atom. The predicted molar refractivity (Wildman–Crippen MR) is 84.5 cm³/mol. The number of piperidine rings is 1. The molecule has 2 aromatic heterocycles. The maximum absolute atomic E-state index is 12.3. The fraction of sp³-hybridized carbons (Fsp3) is 0.438. The van der Waals surface area contributed by atoms with E-state index < -0.39 is 0 Å². The number of aromatic amines is 1. The van der Waals surface area contributed by atoms with Gasteiger partial charge in [0.2, 0.25) is 11.8 Å². The molecular weight excluding hydrogens is 280 g/mol. The van der Waals surface area contributed by atoms with Gasteiger partial charge in [0.1, 0.15) is 0 Å². The van der Waals surface area contributed by atoms with Crippen molar-refractivity contribution in [1.82, 2.24) is 20.1 Å². The summed E-state index contributed by atoms with van der Waals surface area (Å²) in [6.45, 7) is 3.84. The van der Waals surface area contributed by atoms with Crippen molar-refractivity contribution in [3.63, 3.8) is 0 Å². The van der Waals surface area contributed by atoms with Crippen LogP contribution in [0, 0.1) is 5.92 Å². The fourth-order valence-corrected chi connectivity index (χ4v) is 2.88. The third-order valence-corrected chi connectivity index (χ3v) is 4.01. The Morgan fingerprint density at radius 1 is 1.55 bits per heavy atom. The first-order valence-corrected chi connectivity index (χ1v) is 7.53. The van der Waals surface area contributed by atoms with Gasteiger partial charge in [-0.15, -0.1) is 0 Å².